The number of halogens is 5. The molecule has 1 saturated heterocycles. The lowest BCUT2D eigenvalue weighted by Crippen LogP contribution is -2.39. The van der Waals surface area contributed by atoms with E-state index in [2.05, 4.69) is 0 Å². The van der Waals surface area contributed by atoms with Gasteiger partial charge in [-0.05, 0) is 35.2 Å². The van der Waals surface area contributed by atoms with Crippen molar-refractivity contribution in [2.45, 2.75) is 37.3 Å². The Morgan fingerprint density at radius 3 is 2.37 bits per heavy atom. The lowest BCUT2D eigenvalue weighted by Gasteiger charge is -2.22. The summed E-state index contributed by atoms with van der Waals surface area (Å²) in [5.74, 6) is -4.75. The normalized spacial score (nSPS) is 19.3. The van der Waals surface area contributed by atoms with Gasteiger partial charge in [-0.15, -0.1) is 0 Å². The van der Waals surface area contributed by atoms with Gasteiger partial charge in [0.1, 0.15) is 5.82 Å². The summed E-state index contributed by atoms with van der Waals surface area (Å²) < 4.78 is 70.1. The van der Waals surface area contributed by atoms with Crippen LogP contribution in [0.25, 0.3) is 0 Å². The van der Waals surface area contributed by atoms with E-state index in [1.54, 1.807) is 0 Å². The van der Waals surface area contributed by atoms with Crippen molar-refractivity contribution in [2.24, 2.45) is 0 Å². The van der Waals surface area contributed by atoms with Crippen LogP contribution in [-0.4, -0.2) is 40.6 Å². The zero-order chi connectivity index (χ0) is 22.1. The number of hydrogen-bond acceptors (Lipinski definition) is 3. The molecule has 0 bridgehead atoms. The van der Waals surface area contributed by atoms with Gasteiger partial charge in [0, 0.05) is 6.42 Å². The van der Waals surface area contributed by atoms with Crippen LogP contribution in [0.4, 0.5) is 31.5 Å². The number of carbonyl (C=O) groups excluding carboxylic acids is 1. The Labute approximate surface area is 167 Å². The minimum Gasteiger partial charge on any atom is -0.465 e. The zero-order valence-corrected chi connectivity index (χ0v) is 15.3. The number of amides is 2. The highest BCUT2D eigenvalue weighted by Crippen LogP contribution is 2.35. The van der Waals surface area contributed by atoms with Crippen LogP contribution in [0.1, 0.15) is 22.8 Å². The predicted molar refractivity (Wildman–Crippen MR) is 94.1 cm³/mol. The van der Waals surface area contributed by atoms with Gasteiger partial charge in [-0.2, -0.15) is 8.78 Å². The van der Waals surface area contributed by atoms with Crippen molar-refractivity contribution >= 4 is 12.2 Å². The summed E-state index contributed by atoms with van der Waals surface area (Å²) in [5.41, 5.74) is 0.626. The molecule has 1 aliphatic heterocycles. The van der Waals surface area contributed by atoms with Gasteiger partial charge in [0.15, 0.2) is 6.10 Å². The summed E-state index contributed by atoms with van der Waals surface area (Å²) in [6, 6.07) is 9.23. The molecular weight excluding hydrogens is 413 g/mol. The number of carbonyl (C=O) groups is 2. The summed E-state index contributed by atoms with van der Waals surface area (Å²) in [6.45, 7) is 0. The van der Waals surface area contributed by atoms with Crippen molar-refractivity contribution < 1.29 is 41.4 Å². The number of cyclic esters (lactones) is 1. The fraction of sp³-hybridized carbons (Fsp3) is 0.300. The molecule has 2 atom stereocenters. The van der Waals surface area contributed by atoms with E-state index in [0.29, 0.717) is 16.0 Å². The fourth-order valence-electron chi connectivity index (χ4n) is 3.33. The van der Waals surface area contributed by atoms with E-state index in [1.807, 2.05) is 0 Å². The van der Waals surface area contributed by atoms with Crippen molar-refractivity contribution in [1.29, 1.82) is 0 Å². The molecule has 10 heteroatoms. The Bertz CT molecular complexity index is 935. The van der Waals surface area contributed by atoms with E-state index in [9.17, 15) is 36.6 Å². The summed E-state index contributed by atoms with van der Waals surface area (Å²) in [5, 5.41) is 9.39. The second-order valence-electron chi connectivity index (χ2n) is 6.84. The molecular formula is C20H16F5NO4. The molecule has 1 N–H and O–H groups in total. The second kappa shape index (κ2) is 8.29. The average molecular weight is 429 g/mol. The third kappa shape index (κ3) is 4.52. The SMILES string of the molecule is O=C(O)N1C(=O)OC(c2ccc(F)cc2)C1Cc1cccc(CC(F)(F)C(F)F)c1. The minimum absolute atomic E-state index is 0.0664. The Morgan fingerprint density at radius 1 is 1.13 bits per heavy atom. The molecule has 0 aromatic heterocycles. The quantitative estimate of drug-likeness (QED) is 0.653. The van der Waals surface area contributed by atoms with Gasteiger partial charge >= 0.3 is 24.5 Å². The van der Waals surface area contributed by atoms with Gasteiger partial charge in [-0.3, -0.25) is 0 Å². The Hall–Kier alpha value is -3.17. The summed E-state index contributed by atoms with van der Waals surface area (Å²) >= 11 is 0. The molecule has 5 nitrogen and oxygen atoms in total. The first kappa shape index (κ1) is 21.5. The molecule has 2 aromatic carbocycles. The molecule has 1 heterocycles. The molecule has 0 saturated carbocycles. The van der Waals surface area contributed by atoms with Gasteiger partial charge in [-0.1, -0.05) is 36.4 Å². The molecule has 0 aliphatic carbocycles. The molecule has 2 unspecified atom stereocenters. The lowest BCUT2D eigenvalue weighted by molar-refractivity contribution is -0.127. The smallest absolute Gasteiger partial charge is 0.420 e. The molecule has 0 spiro atoms. The number of carboxylic acid groups (broad SMARTS) is 1. The van der Waals surface area contributed by atoms with E-state index in [4.69, 9.17) is 4.74 Å². The standard InChI is InChI=1S/C20H16F5NO4/c21-14-6-4-13(5-7-14)16-15(26(18(27)28)19(29)30-16)9-11-2-1-3-12(8-11)10-20(24,25)17(22)23/h1-8,15-17H,9-10H2,(H,27,28). The highest BCUT2D eigenvalue weighted by molar-refractivity contribution is 5.89. The number of hydrogen-bond donors (Lipinski definition) is 1. The number of benzene rings is 2. The average Bonchev–Trinajstić information content (AvgIpc) is 2.98. The molecule has 1 fully saturated rings. The number of imide groups is 1. The first-order valence-corrected chi connectivity index (χ1v) is 8.80. The number of alkyl halides is 4. The topological polar surface area (TPSA) is 66.8 Å². The molecule has 0 radical (unpaired) electrons. The molecule has 3 rings (SSSR count). The zero-order valence-electron chi connectivity index (χ0n) is 15.3. The monoisotopic (exact) mass is 429 g/mol. The highest BCUT2D eigenvalue weighted by atomic mass is 19.3. The van der Waals surface area contributed by atoms with Crippen LogP contribution in [0, 0.1) is 5.82 Å². The van der Waals surface area contributed by atoms with Crippen molar-refractivity contribution in [3.05, 3.63) is 71.0 Å². The van der Waals surface area contributed by atoms with E-state index < -0.39 is 48.9 Å². The number of nitrogens with zero attached hydrogens (tertiary/aromatic N) is 1. The second-order valence-corrected chi connectivity index (χ2v) is 6.84. The first-order chi connectivity index (χ1) is 14.1. The summed E-state index contributed by atoms with van der Waals surface area (Å²) in [4.78, 5) is 24.1. The van der Waals surface area contributed by atoms with Crippen molar-refractivity contribution in [3.8, 4) is 0 Å². The van der Waals surface area contributed by atoms with Gasteiger partial charge in [0.2, 0.25) is 0 Å². The molecule has 2 amide bonds. The molecule has 160 valence electrons. The fourth-order valence-corrected chi connectivity index (χ4v) is 3.33. The van der Waals surface area contributed by atoms with E-state index in [0.717, 1.165) is 12.1 Å². The molecule has 2 aromatic rings. The Morgan fingerprint density at radius 2 is 1.77 bits per heavy atom. The molecule has 1 aliphatic rings. The van der Waals surface area contributed by atoms with E-state index >= 15 is 0 Å². The van der Waals surface area contributed by atoms with Gasteiger partial charge in [-0.25, -0.2) is 27.7 Å². The van der Waals surface area contributed by atoms with E-state index in [1.165, 1.54) is 36.4 Å². The van der Waals surface area contributed by atoms with E-state index in [-0.39, 0.29) is 12.0 Å². The van der Waals surface area contributed by atoms with Crippen LogP contribution >= 0.6 is 0 Å². The number of ether oxygens (including phenoxy) is 1. The maximum absolute atomic E-state index is 13.4. The maximum Gasteiger partial charge on any atom is 0.420 e. The van der Waals surface area contributed by atoms with Crippen molar-refractivity contribution in [1.82, 2.24) is 4.90 Å². The van der Waals surface area contributed by atoms with Crippen LogP contribution in [0.3, 0.4) is 0 Å². The predicted octanol–water partition coefficient (Wildman–Crippen LogP) is 5.05. The van der Waals surface area contributed by atoms with Crippen molar-refractivity contribution in [3.63, 3.8) is 0 Å². The van der Waals surface area contributed by atoms with Crippen molar-refractivity contribution in [2.75, 3.05) is 0 Å². The minimum atomic E-state index is -4.21. The first-order valence-electron chi connectivity index (χ1n) is 8.80. The highest BCUT2D eigenvalue weighted by Gasteiger charge is 2.46. The summed E-state index contributed by atoms with van der Waals surface area (Å²) in [7, 11) is 0. The van der Waals surface area contributed by atoms with Crippen LogP contribution in [-0.2, 0) is 17.6 Å². The van der Waals surface area contributed by atoms with Crippen LogP contribution in [0.15, 0.2) is 48.5 Å². The largest absolute Gasteiger partial charge is 0.465 e. The number of rotatable bonds is 6. The summed E-state index contributed by atoms with van der Waals surface area (Å²) in [6.07, 6.45) is -8.89. The van der Waals surface area contributed by atoms with Crippen LogP contribution in [0.5, 0.6) is 0 Å². The van der Waals surface area contributed by atoms with Gasteiger partial charge in [0.05, 0.1) is 6.04 Å². The van der Waals surface area contributed by atoms with Crippen LogP contribution < -0.4 is 0 Å². The Balaban J connectivity index is 1.89. The van der Waals surface area contributed by atoms with Crippen LogP contribution in [0.2, 0.25) is 0 Å². The third-order valence-electron chi connectivity index (χ3n) is 4.71. The third-order valence-corrected chi connectivity index (χ3v) is 4.71. The lowest BCUT2D eigenvalue weighted by atomic mass is 9.94. The van der Waals surface area contributed by atoms with Gasteiger partial charge < -0.3 is 9.84 Å². The molecule has 30 heavy (non-hydrogen) atoms. The maximum atomic E-state index is 13.4. The van der Waals surface area contributed by atoms with Gasteiger partial charge in [0.25, 0.3) is 0 Å². The Kier molecular flexibility index (Phi) is 5.95.